The van der Waals surface area contributed by atoms with E-state index in [9.17, 15) is 18.8 Å². The minimum Gasteiger partial charge on any atom is -0.454 e. The summed E-state index contributed by atoms with van der Waals surface area (Å²) in [5.74, 6) is -2.99. The lowest BCUT2D eigenvalue weighted by atomic mass is 10.0. The molecular weight excluding hydrogens is 375 g/mol. The van der Waals surface area contributed by atoms with Gasteiger partial charge < -0.3 is 15.4 Å². The highest BCUT2D eigenvalue weighted by Crippen LogP contribution is 2.14. The summed E-state index contributed by atoms with van der Waals surface area (Å²) in [7, 11) is 0. The number of benzene rings is 2. The summed E-state index contributed by atoms with van der Waals surface area (Å²) in [6.45, 7) is 6.82. The van der Waals surface area contributed by atoms with E-state index in [0.29, 0.717) is 5.69 Å². The van der Waals surface area contributed by atoms with E-state index < -0.39 is 36.2 Å². The fourth-order valence-electron chi connectivity index (χ4n) is 2.60. The molecule has 1 atom stereocenters. The lowest BCUT2D eigenvalue weighted by Gasteiger charge is -2.21. The molecule has 6 nitrogen and oxygen atoms in total. The number of aryl methyl sites for hydroxylation is 2. The Bertz CT molecular complexity index is 911. The molecule has 0 aliphatic rings. The van der Waals surface area contributed by atoms with Crippen LogP contribution in [0.5, 0.6) is 0 Å². The highest BCUT2D eigenvalue weighted by molar-refractivity contribution is 5.97. The van der Waals surface area contributed by atoms with Gasteiger partial charge in [0.05, 0.1) is 5.56 Å². The summed E-state index contributed by atoms with van der Waals surface area (Å²) in [4.78, 5) is 36.7. The van der Waals surface area contributed by atoms with Crippen LogP contribution >= 0.6 is 0 Å². The maximum Gasteiger partial charge on any atom is 0.329 e. The molecule has 29 heavy (non-hydrogen) atoms. The number of esters is 1. The van der Waals surface area contributed by atoms with Crippen LogP contribution in [0.15, 0.2) is 42.5 Å². The van der Waals surface area contributed by atoms with E-state index in [1.807, 2.05) is 26.0 Å². The zero-order valence-electron chi connectivity index (χ0n) is 16.9. The second-order valence-electron chi connectivity index (χ2n) is 7.13. The molecule has 0 spiro atoms. The van der Waals surface area contributed by atoms with Gasteiger partial charge in [0.2, 0.25) is 0 Å². The average molecular weight is 400 g/mol. The molecule has 0 unspecified atom stereocenters. The second kappa shape index (κ2) is 9.82. The van der Waals surface area contributed by atoms with Gasteiger partial charge in [-0.25, -0.2) is 9.18 Å². The van der Waals surface area contributed by atoms with Crippen LogP contribution in [0.1, 0.15) is 35.3 Å². The third-order valence-corrected chi connectivity index (χ3v) is 4.46. The third kappa shape index (κ3) is 6.14. The Labute approximate surface area is 169 Å². The van der Waals surface area contributed by atoms with Gasteiger partial charge in [-0.1, -0.05) is 32.0 Å². The first-order valence-corrected chi connectivity index (χ1v) is 9.28. The van der Waals surface area contributed by atoms with Crippen LogP contribution in [0, 0.1) is 25.6 Å². The van der Waals surface area contributed by atoms with E-state index in [1.165, 1.54) is 18.2 Å². The number of carbonyl (C=O) groups excluding carboxylic acids is 3. The van der Waals surface area contributed by atoms with Gasteiger partial charge in [0.15, 0.2) is 6.61 Å². The number of hydrogen-bond donors (Lipinski definition) is 2. The topological polar surface area (TPSA) is 84.5 Å². The van der Waals surface area contributed by atoms with Gasteiger partial charge in [0.25, 0.3) is 11.8 Å². The molecule has 0 aliphatic carbocycles. The Kier molecular flexibility index (Phi) is 7.47. The summed E-state index contributed by atoms with van der Waals surface area (Å²) < 4.78 is 18.8. The van der Waals surface area contributed by atoms with Gasteiger partial charge >= 0.3 is 5.97 Å². The van der Waals surface area contributed by atoms with E-state index in [-0.39, 0.29) is 11.5 Å². The van der Waals surface area contributed by atoms with Crippen molar-refractivity contribution in [1.82, 2.24) is 5.32 Å². The second-order valence-corrected chi connectivity index (χ2v) is 7.13. The van der Waals surface area contributed by atoms with Gasteiger partial charge in [-0.05, 0) is 55.2 Å². The SMILES string of the molecule is Cc1ccc(NC(=O)COC(=O)[C@@H](NC(=O)c2ccccc2F)C(C)C)cc1C. The number of anilines is 1. The lowest BCUT2D eigenvalue weighted by molar-refractivity contribution is -0.150. The fraction of sp³-hybridized carbons (Fsp3) is 0.318. The van der Waals surface area contributed by atoms with Gasteiger partial charge in [0, 0.05) is 5.69 Å². The molecule has 0 radical (unpaired) electrons. The highest BCUT2D eigenvalue weighted by Gasteiger charge is 2.27. The molecule has 0 bridgehead atoms. The largest absolute Gasteiger partial charge is 0.454 e. The van der Waals surface area contributed by atoms with Crippen LogP contribution in [0.2, 0.25) is 0 Å². The minimum absolute atomic E-state index is 0.168. The Hall–Kier alpha value is -3.22. The zero-order valence-corrected chi connectivity index (χ0v) is 16.9. The van der Waals surface area contributed by atoms with Crippen molar-refractivity contribution in [3.63, 3.8) is 0 Å². The van der Waals surface area contributed by atoms with Gasteiger partial charge in [-0.2, -0.15) is 0 Å². The summed E-state index contributed by atoms with van der Waals surface area (Å²) in [6, 6.07) is 9.92. The van der Waals surface area contributed by atoms with Crippen molar-refractivity contribution in [1.29, 1.82) is 0 Å². The smallest absolute Gasteiger partial charge is 0.329 e. The van der Waals surface area contributed by atoms with Crippen LogP contribution in [-0.4, -0.2) is 30.4 Å². The van der Waals surface area contributed by atoms with Crippen molar-refractivity contribution < 1.29 is 23.5 Å². The van der Waals surface area contributed by atoms with Gasteiger partial charge in [0.1, 0.15) is 11.9 Å². The molecule has 2 N–H and O–H groups in total. The van der Waals surface area contributed by atoms with Crippen LogP contribution < -0.4 is 10.6 Å². The molecule has 0 aliphatic heterocycles. The normalized spacial score (nSPS) is 11.7. The van der Waals surface area contributed by atoms with E-state index in [1.54, 1.807) is 19.9 Å². The maximum atomic E-state index is 13.8. The molecule has 2 aromatic rings. The van der Waals surface area contributed by atoms with Crippen molar-refractivity contribution in [3.8, 4) is 0 Å². The quantitative estimate of drug-likeness (QED) is 0.698. The Morgan fingerprint density at radius 3 is 2.34 bits per heavy atom. The Balaban J connectivity index is 1.95. The molecule has 0 saturated carbocycles. The maximum absolute atomic E-state index is 13.8. The van der Waals surface area contributed by atoms with E-state index in [4.69, 9.17) is 4.74 Å². The third-order valence-electron chi connectivity index (χ3n) is 4.46. The van der Waals surface area contributed by atoms with E-state index >= 15 is 0 Å². The molecule has 7 heteroatoms. The monoisotopic (exact) mass is 400 g/mol. The van der Waals surface area contributed by atoms with Crippen LogP contribution in [0.4, 0.5) is 10.1 Å². The Morgan fingerprint density at radius 1 is 1.03 bits per heavy atom. The number of amides is 2. The van der Waals surface area contributed by atoms with Crippen LogP contribution in [0.3, 0.4) is 0 Å². The van der Waals surface area contributed by atoms with Crippen LogP contribution in [0.25, 0.3) is 0 Å². The predicted molar refractivity (Wildman–Crippen MR) is 108 cm³/mol. The standard InChI is InChI=1S/C22H25FN2O4/c1-13(2)20(25-21(27)17-7-5-6-8-18(17)23)22(28)29-12-19(26)24-16-10-9-14(3)15(4)11-16/h5-11,13,20H,12H2,1-4H3,(H,24,26)(H,25,27)/t20-/m0/s1. The predicted octanol–water partition coefficient (Wildman–Crippen LogP) is 3.38. The molecule has 2 amide bonds. The first kappa shape index (κ1) is 22.1. The van der Waals surface area contributed by atoms with Crippen molar-refractivity contribution in [2.75, 3.05) is 11.9 Å². The first-order valence-electron chi connectivity index (χ1n) is 9.28. The van der Waals surface area contributed by atoms with Crippen molar-refractivity contribution >= 4 is 23.5 Å². The number of ether oxygens (including phenoxy) is 1. The number of hydrogen-bond acceptors (Lipinski definition) is 4. The molecule has 154 valence electrons. The summed E-state index contributed by atoms with van der Waals surface area (Å²) >= 11 is 0. The molecule has 0 heterocycles. The average Bonchev–Trinajstić information content (AvgIpc) is 2.67. The number of nitrogens with one attached hydrogen (secondary N) is 2. The molecule has 0 fully saturated rings. The molecule has 0 saturated heterocycles. The van der Waals surface area contributed by atoms with Crippen molar-refractivity contribution in [2.45, 2.75) is 33.7 Å². The summed E-state index contributed by atoms with van der Waals surface area (Å²) in [5.41, 5.74) is 2.55. The van der Waals surface area contributed by atoms with Gasteiger partial charge in [-0.15, -0.1) is 0 Å². The number of rotatable bonds is 7. The summed E-state index contributed by atoms with van der Waals surface area (Å²) in [5, 5.41) is 5.13. The number of carbonyl (C=O) groups is 3. The molecule has 2 aromatic carbocycles. The van der Waals surface area contributed by atoms with Crippen molar-refractivity contribution in [3.05, 3.63) is 65.0 Å². The Morgan fingerprint density at radius 2 is 1.72 bits per heavy atom. The van der Waals surface area contributed by atoms with E-state index in [0.717, 1.165) is 17.2 Å². The minimum atomic E-state index is -1.02. The summed E-state index contributed by atoms with van der Waals surface area (Å²) in [6.07, 6.45) is 0. The van der Waals surface area contributed by atoms with Crippen molar-refractivity contribution in [2.24, 2.45) is 5.92 Å². The van der Waals surface area contributed by atoms with E-state index in [2.05, 4.69) is 10.6 Å². The van der Waals surface area contributed by atoms with Crippen LogP contribution in [-0.2, 0) is 14.3 Å². The highest BCUT2D eigenvalue weighted by atomic mass is 19.1. The molecule has 0 aromatic heterocycles. The molecular formula is C22H25FN2O4. The fourth-order valence-corrected chi connectivity index (χ4v) is 2.60. The first-order chi connectivity index (χ1) is 13.7. The zero-order chi connectivity index (χ0) is 21.6. The number of halogens is 1. The van der Waals surface area contributed by atoms with Gasteiger partial charge in [-0.3, -0.25) is 9.59 Å². The lowest BCUT2D eigenvalue weighted by Crippen LogP contribution is -2.46. The molecule has 2 rings (SSSR count).